The van der Waals surface area contributed by atoms with Crippen LogP contribution in [-0.2, 0) is 27.2 Å². The van der Waals surface area contributed by atoms with Crippen LogP contribution in [0.4, 0.5) is 27.6 Å². The molecule has 1 heterocycles. The van der Waals surface area contributed by atoms with Crippen LogP contribution in [0.3, 0.4) is 0 Å². The molecule has 1 N–H and O–H groups in total. The second-order valence-electron chi connectivity index (χ2n) is 8.21. The maximum absolute atomic E-state index is 15.0. The van der Waals surface area contributed by atoms with Crippen molar-refractivity contribution in [3.05, 3.63) is 47.3 Å². The van der Waals surface area contributed by atoms with Gasteiger partial charge >= 0.3 is 5.51 Å². The van der Waals surface area contributed by atoms with Crippen LogP contribution >= 0.6 is 0 Å². The van der Waals surface area contributed by atoms with Crippen molar-refractivity contribution in [2.45, 2.75) is 48.6 Å². The number of ether oxygens (including phenoxy) is 1. The van der Waals surface area contributed by atoms with E-state index in [1.807, 2.05) is 0 Å². The molecule has 3 rings (SSSR count). The molecule has 0 saturated heterocycles. The zero-order valence-corrected chi connectivity index (χ0v) is 19.5. The zero-order valence-electron chi connectivity index (χ0n) is 17.9. The number of nitrogens with one attached hydrogen (secondary N) is 1. The van der Waals surface area contributed by atoms with Gasteiger partial charge in [-0.15, -0.1) is 4.83 Å². The minimum atomic E-state index is -5.94. The molecule has 0 bridgehead atoms. The van der Waals surface area contributed by atoms with E-state index in [4.69, 9.17) is 10.00 Å². The molecule has 2 aromatic carbocycles. The molecule has 0 fully saturated rings. The van der Waals surface area contributed by atoms with Gasteiger partial charge in [0.1, 0.15) is 33.2 Å². The molecule has 7 nitrogen and oxygen atoms in total. The predicted octanol–water partition coefficient (Wildman–Crippen LogP) is 4.41. The highest BCUT2D eigenvalue weighted by Crippen LogP contribution is 2.46. The van der Waals surface area contributed by atoms with Crippen molar-refractivity contribution in [2.75, 3.05) is 5.01 Å². The third-order valence-electron chi connectivity index (χ3n) is 4.66. The van der Waals surface area contributed by atoms with Gasteiger partial charge in [-0.2, -0.15) is 18.4 Å². The first-order chi connectivity index (χ1) is 15.6. The number of nitriles is 1. The Bertz CT molecular complexity index is 1300. The van der Waals surface area contributed by atoms with Gasteiger partial charge in [-0.1, -0.05) is 0 Å². The average molecular weight is 524 g/mol. The Kier molecular flexibility index (Phi) is 6.68. The highest BCUT2D eigenvalue weighted by atomic mass is 32.2. The van der Waals surface area contributed by atoms with Gasteiger partial charge in [0, 0.05) is 18.1 Å². The van der Waals surface area contributed by atoms with Crippen LogP contribution in [0.25, 0.3) is 0 Å². The minimum absolute atomic E-state index is 0.116. The number of hydrazine groups is 1. The lowest BCUT2D eigenvalue weighted by atomic mass is 10.1. The number of alkyl halides is 4. The molecule has 184 valence electrons. The van der Waals surface area contributed by atoms with Crippen LogP contribution in [0.15, 0.2) is 35.2 Å². The van der Waals surface area contributed by atoms with Gasteiger partial charge in [0.05, 0.1) is 22.1 Å². The Hall–Kier alpha value is -2.76. The summed E-state index contributed by atoms with van der Waals surface area (Å²) in [5.41, 5.74) is -6.82. The van der Waals surface area contributed by atoms with Crippen molar-refractivity contribution in [1.82, 2.24) is 4.83 Å². The quantitative estimate of drug-likeness (QED) is 0.461. The number of hydrogen-bond acceptors (Lipinski definition) is 6. The van der Waals surface area contributed by atoms with Gasteiger partial charge in [0.25, 0.3) is 9.84 Å². The van der Waals surface area contributed by atoms with Crippen LogP contribution < -0.4 is 14.6 Å². The number of nitrogens with zero attached hydrogens (tertiary/aromatic N) is 2. The van der Waals surface area contributed by atoms with Crippen LogP contribution in [0.1, 0.15) is 31.9 Å². The summed E-state index contributed by atoms with van der Waals surface area (Å²) in [6.45, 7) is 4.55. The van der Waals surface area contributed by atoms with E-state index in [0.717, 1.165) is 24.3 Å². The van der Waals surface area contributed by atoms with E-state index in [2.05, 4.69) is 4.83 Å². The molecule has 34 heavy (non-hydrogen) atoms. The standard InChI is InChI=1S/C20H18F5N3O4S2/c1-19(2,3)33(29)27-28-17(22)9-14-15(32-13-7-11(10-26)6-12(21)8-13)4-5-16(18(14)28)34(30,31)20(23,24)25/h4-8,17,27H,9H2,1-3H3/t17?,33-/m0/s1. The van der Waals surface area contributed by atoms with Gasteiger partial charge in [-0.05, 0) is 45.0 Å². The number of sulfone groups is 1. The summed E-state index contributed by atoms with van der Waals surface area (Å²) in [4.78, 5) is 0.981. The number of benzene rings is 2. The summed E-state index contributed by atoms with van der Waals surface area (Å²) >= 11 is 0. The third kappa shape index (κ3) is 4.86. The third-order valence-corrected chi connectivity index (χ3v) is 7.65. The molecular formula is C20H18F5N3O4S2. The Balaban J connectivity index is 2.20. The summed E-state index contributed by atoms with van der Waals surface area (Å²) < 4.78 is 110. The van der Waals surface area contributed by atoms with Gasteiger partial charge in [-0.3, -0.25) is 5.01 Å². The minimum Gasteiger partial charge on any atom is -0.457 e. The van der Waals surface area contributed by atoms with Gasteiger partial charge in [-0.25, -0.2) is 21.4 Å². The van der Waals surface area contributed by atoms with Gasteiger partial charge in [0.15, 0.2) is 6.30 Å². The van der Waals surface area contributed by atoms with Crippen molar-refractivity contribution in [1.29, 1.82) is 5.26 Å². The Morgan fingerprint density at radius 2 is 1.85 bits per heavy atom. The van der Waals surface area contributed by atoms with E-state index in [1.54, 1.807) is 6.07 Å². The molecule has 0 aliphatic carbocycles. The van der Waals surface area contributed by atoms with Crippen molar-refractivity contribution in [2.24, 2.45) is 0 Å². The van der Waals surface area contributed by atoms with E-state index in [9.17, 15) is 34.6 Å². The lowest BCUT2D eigenvalue weighted by Crippen LogP contribution is -2.48. The summed E-state index contributed by atoms with van der Waals surface area (Å²) in [5, 5.41) is 9.46. The fourth-order valence-electron chi connectivity index (χ4n) is 3.04. The molecule has 0 saturated carbocycles. The largest absolute Gasteiger partial charge is 0.501 e. The summed E-state index contributed by atoms with van der Waals surface area (Å²) in [6.07, 6.45) is -2.73. The van der Waals surface area contributed by atoms with Crippen molar-refractivity contribution in [3.8, 4) is 17.6 Å². The van der Waals surface area contributed by atoms with Gasteiger partial charge < -0.3 is 4.74 Å². The molecule has 2 aromatic rings. The smallest absolute Gasteiger partial charge is 0.457 e. The molecule has 0 amide bonds. The normalized spacial score (nSPS) is 17.3. The molecule has 1 aliphatic rings. The van der Waals surface area contributed by atoms with Crippen LogP contribution in [0.5, 0.6) is 11.5 Å². The van der Waals surface area contributed by atoms with Gasteiger partial charge in [0.2, 0.25) is 0 Å². The predicted molar refractivity (Wildman–Crippen MR) is 113 cm³/mol. The number of rotatable bonds is 5. The van der Waals surface area contributed by atoms with E-state index in [0.29, 0.717) is 11.1 Å². The maximum Gasteiger partial charge on any atom is 0.501 e. The summed E-state index contributed by atoms with van der Waals surface area (Å²) in [5.74, 6) is -1.32. The Morgan fingerprint density at radius 3 is 2.41 bits per heavy atom. The fraction of sp³-hybridized carbons (Fsp3) is 0.350. The van der Waals surface area contributed by atoms with Crippen LogP contribution in [0.2, 0.25) is 0 Å². The summed E-state index contributed by atoms with van der Waals surface area (Å²) in [6, 6.07) is 6.11. The van der Waals surface area contributed by atoms with E-state index in [1.165, 1.54) is 20.8 Å². The highest BCUT2D eigenvalue weighted by molar-refractivity contribution is 7.92. The molecule has 0 radical (unpaired) electrons. The Labute approximate surface area is 194 Å². The SMILES string of the molecule is CC(C)(C)[S@](=O)NN1c2c(S(=O)(=O)C(F)(F)F)ccc(Oc3cc(F)cc(C#N)c3)c2CC1F. The first kappa shape index (κ1) is 25.9. The monoisotopic (exact) mass is 523 g/mol. The molecule has 2 atom stereocenters. The molecule has 1 aliphatic heterocycles. The van der Waals surface area contributed by atoms with Crippen LogP contribution in [-0.4, -0.2) is 29.2 Å². The molecule has 1 unspecified atom stereocenters. The second kappa shape index (κ2) is 8.79. The maximum atomic E-state index is 15.0. The van der Waals surface area contributed by atoms with Crippen molar-refractivity contribution in [3.63, 3.8) is 0 Å². The summed E-state index contributed by atoms with van der Waals surface area (Å²) in [7, 11) is -7.97. The van der Waals surface area contributed by atoms with Crippen molar-refractivity contribution >= 4 is 26.5 Å². The lowest BCUT2D eigenvalue weighted by Gasteiger charge is -2.28. The highest BCUT2D eigenvalue weighted by Gasteiger charge is 2.51. The van der Waals surface area contributed by atoms with E-state index in [-0.39, 0.29) is 22.6 Å². The molecule has 14 heteroatoms. The zero-order chi connectivity index (χ0) is 25.6. The molecular weight excluding hydrogens is 505 g/mol. The first-order valence-electron chi connectivity index (χ1n) is 9.53. The molecule has 0 aromatic heterocycles. The number of fused-ring (bicyclic) bond motifs is 1. The molecule has 0 spiro atoms. The number of halogens is 5. The Morgan fingerprint density at radius 1 is 1.21 bits per heavy atom. The topological polar surface area (TPSA) is 99.5 Å². The van der Waals surface area contributed by atoms with E-state index >= 15 is 0 Å². The van der Waals surface area contributed by atoms with Crippen LogP contribution in [0, 0.1) is 17.1 Å². The van der Waals surface area contributed by atoms with Crippen molar-refractivity contribution < 1.29 is 39.3 Å². The second-order valence-corrected chi connectivity index (χ2v) is 12.1. The number of anilines is 1. The van der Waals surface area contributed by atoms with E-state index < -0.39 is 60.2 Å². The fourth-order valence-corrected chi connectivity index (χ4v) is 4.67. The average Bonchev–Trinajstić information content (AvgIpc) is 3.02. The number of hydrogen-bond donors (Lipinski definition) is 1. The lowest BCUT2D eigenvalue weighted by molar-refractivity contribution is -0.0435. The first-order valence-corrected chi connectivity index (χ1v) is 12.2.